The van der Waals surface area contributed by atoms with Crippen LogP contribution in [0.5, 0.6) is 0 Å². The molecule has 0 aromatic carbocycles. The minimum Gasteiger partial charge on any atom is -0.354 e. The van der Waals surface area contributed by atoms with Gasteiger partial charge in [-0.3, -0.25) is 0 Å². The highest BCUT2D eigenvalue weighted by Gasteiger charge is 2.20. The maximum Gasteiger partial charge on any atom is 0.151 e. The van der Waals surface area contributed by atoms with Crippen LogP contribution in [0.3, 0.4) is 0 Å². The Bertz CT molecular complexity index is 404. The first-order valence-electron chi connectivity index (χ1n) is 6.69. The Labute approximate surface area is 102 Å². The first-order valence-corrected chi connectivity index (χ1v) is 6.69. The van der Waals surface area contributed by atoms with Crippen molar-refractivity contribution in [2.45, 2.75) is 44.6 Å². The third-order valence-electron chi connectivity index (χ3n) is 3.84. The van der Waals surface area contributed by atoms with Crippen LogP contribution in [0, 0.1) is 0 Å². The van der Waals surface area contributed by atoms with Crippen molar-refractivity contribution in [1.82, 2.24) is 10.2 Å². The minimum absolute atomic E-state index is 0.293. The Hall–Kier alpha value is -1.16. The molecule has 1 aromatic heterocycles. The quantitative estimate of drug-likeness (QED) is 0.792. The third-order valence-corrected chi connectivity index (χ3v) is 3.84. The molecule has 17 heavy (non-hydrogen) atoms. The van der Waals surface area contributed by atoms with Crippen LogP contribution in [-0.4, -0.2) is 29.3 Å². The predicted octanol–water partition coefficient (Wildman–Crippen LogP) is 1.28. The number of aryl methyl sites for hydroxylation is 2. The lowest BCUT2D eigenvalue weighted by molar-refractivity contribution is 0.500. The third kappa shape index (κ3) is 2.27. The number of anilines is 1. The van der Waals surface area contributed by atoms with Gasteiger partial charge >= 0.3 is 0 Å². The molecular weight excluding hydrogens is 212 g/mol. The van der Waals surface area contributed by atoms with Gasteiger partial charge in [0.25, 0.3) is 0 Å². The molecule has 2 heterocycles. The van der Waals surface area contributed by atoms with Gasteiger partial charge in [-0.25, -0.2) is 0 Å². The molecule has 2 N–H and O–H groups in total. The summed E-state index contributed by atoms with van der Waals surface area (Å²) in [6.07, 6.45) is 7.11. The summed E-state index contributed by atoms with van der Waals surface area (Å²) in [5.74, 6) is 1.03. The van der Waals surface area contributed by atoms with E-state index in [2.05, 4.69) is 21.2 Å². The molecule has 0 spiro atoms. The summed E-state index contributed by atoms with van der Waals surface area (Å²) in [6.45, 7) is 1.99. The molecule has 1 atom stereocenters. The smallest absolute Gasteiger partial charge is 0.151 e. The summed E-state index contributed by atoms with van der Waals surface area (Å²) in [5.41, 5.74) is 8.62. The van der Waals surface area contributed by atoms with Crippen LogP contribution < -0.4 is 10.6 Å². The summed E-state index contributed by atoms with van der Waals surface area (Å²) < 4.78 is 0. The summed E-state index contributed by atoms with van der Waals surface area (Å²) >= 11 is 0. The summed E-state index contributed by atoms with van der Waals surface area (Å²) in [4.78, 5) is 2.29. The Kier molecular flexibility index (Phi) is 2.97. The zero-order valence-corrected chi connectivity index (χ0v) is 10.2. The van der Waals surface area contributed by atoms with Crippen LogP contribution >= 0.6 is 0 Å². The van der Waals surface area contributed by atoms with Gasteiger partial charge in [-0.05, 0) is 50.2 Å². The van der Waals surface area contributed by atoms with Gasteiger partial charge in [-0.15, -0.1) is 5.10 Å². The van der Waals surface area contributed by atoms with E-state index < -0.39 is 0 Å². The van der Waals surface area contributed by atoms with Gasteiger partial charge in [0.15, 0.2) is 5.82 Å². The highest BCUT2D eigenvalue weighted by atomic mass is 15.3. The lowest BCUT2D eigenvalue weighted by atomic mass is 9.96. The molecule has 0 radical (unpaired) electrons. The Balaban J connectivity index is 1.83. The minimum atomic E-state index is 0.293. The van der Waals surface area contributed by atoms with Crippen LogP contribution in [0.1, 0.15) is 36.9 Å². The van der Waals surface area contributed by atoms with E-state index in [9.17, 15) is 0 Å². The summed E-state index contributed by atoms with van der Waals surface area (Å²) in [7, 11) is 0. The lowest BCUT2D eigenvalue weighted by Crippen LogP contribution is -2.43. The van der Waals surface area contributed by atoms with E-state index in [0.29, 0.717) is 6.04 Å². The number of hydrogen-bond donors (Lipinski definition) is 1. The van der Waals surface area contributed by atoms with Gasteiger partial charge in [0, 0.05) is 19.1 Å². The molecule has 0 saturated carbocycles. The molecule has 1 aliphatic heterocycles. The second-order valence-corrected chi connectivity index (χ2v) is 5.23. The van der Waals surface area contributed by atoms with Crippen LogP contribution in [0.15, 0.2) is 6.07 Å². The van der Waals surface area contributed by atoms with Gasteiger partial charge in [0.1, 0.15) is 0 Å². The van der Waals surface area contributed by atoms with E-state index >= 15 is 0 Å². The van der Waals surface area contributed by atoms with Crippen molar-refractivity contribution in [2.24, 2.45) is 5.73 Å². The summed E-state index contributed by atoms with van der Waals surface area (Å²) in [5, 5.41) is 8.76. The van der Waals surface area contributed by atoms with Crippen molar-refractivity contribution in [2.75, 3.05) is 18.0 Å². The van der Waals surface area contributed by atoms with Gasteiger partial charge in [0.05, 0.1) is 5.69 Å². The van der Waals surface area contributed by atoms with Crippen molar-refractivity contribution in [3.63, 3.8) is 0 Å². The molecule has 1 saturated heterocycles. The van der Waals surface area contributed by atoms with Gasteiger partial charge in [-0.2, -0.15) is 5.10 Å². The molecule has 0 bridgehead atoms. The molecule has 92 valence electrons. The van der Waals surface area contributed by atoms with Crippen LogP contribution in [0.2, 0.25) is 0 Å². The van der Waals surface area contributed by atoms with E-state index in [1.54, 1.807) is 0 Å². The zero-order chi connectivity index (χ0) is 11.7. The first-order chi connectivity index (χ1) is 8.33. The largest absolute Gasteiger partial charge is 0.354 e. The number of nitrogens with zero attached hydrogens (tertiary/aromatic N) is 3. The normalized spacial score (nSPS) is 24.5. The Morgan fingerprint density at radius 1 is 1.18 bits per heavy atom. The average Bonchev–Trinajstić information content (AvgIpc) is 2.38. The number of fused-ring (bicyclic) bond motifs is 1. The molecule has 1 unspecified atom stereocenters. The Morgan fingerprint density at radius 2 is 2.06 bits per heavy atom. The maximum atomic E-state index is 6.01. The number of piperidine rings is 1. The molecule has 2 aliphatic rings. The number of hydrogen-bond acceptors (Lipinski definition) is 4. The highest BCUT2D eigenvalue weighted by molar-refractivity contribution is 5.42. The second kappa shape index (κ2) is 4.61. The predicted molar refractivity (Wildman–Crippen MR) is 68.1 cm³/mol. The van der Waals surface area contributed by atoms with Crippen molar-refractivity contribution in [1.29, 1.82) is 0 Å². The van der Waals surface area contributed by atoms with E-state index in [4.69, 9.17) is 5.73 Å². The van der Waals surface area contributed by atoms with Crippen LogP contribution in [0.4, 0.5) is 5.82 Å². The second-order valence-electron chi connectivity index (χ2n) is 5.23. The van der Waals surface area contributed by atoms with Crippen molar-refractivity contribution < 1.29 is 0 Å². The van der Waals surface area contributed by atoms with Gasteiger partial charge in [0.2, 0.25) is 0 Å². The standard InChI is InChI=1S/C13H20N4/c14-11-5-3-7-17(9-11)13-8-10-4-1-2-6-12(10)15-16-13/h8,11H,1-7,9,14H2. The van der Waals surface area contributed by atoms with E-state index in [1.807, 2.05) is 0 Å². The molecule has 0 amide bonds. The fraction of sp³-hybridized carbons (Fsp3) is 0.692. The van der Waals surface area contributed by atoms with Crippen molar-refractivity contribution >= 4 is 5.82 Å². The zero-order valence-electron chi connectivity index (χ0n) is 10.2. The maximum absolute atomic E-state index is 6.01. The Morgan fingerprint density at radius 3 is 2.94 bits per heavy atom. The van der Waals surface area contributed by atoms with Crippen LogP contribution in [0.25, 0.3) is 0 Å². The molecule has 1 aliphatic carbocycles. The van der Waals surface area contributed by atoms with E-state index in [-0.39, 0.29) is 0 Å². The molecule has 4 heteroatoms. The fourth-order valence-electron chi connectivity index (χ4n) is 2.85. The van der Waals surface area contributed by atoms with Gasteiger partial charge < -0.3 is 10.6 Å². The lowest BCUT2D eigenvalue weighted by Gasteiger charge is -2.31. The van der Waals surface area contributed by atoms with Gasteiger partial charge in [-0.1, -0.05) is 0 Å². The monoisotopic (exact) mass is 232 g/mol. The molecular formula is C13H20N4. The number of aromatic nitrogens is 2. The van der Waals surface area contributed by atoms with Crippen molar-refractivity contribution in [3.8, 4) is 0 Å². The molecule has 4 nitrogen and oxygen atoms in total. The molecule has 1 aromatic rings. The van der Waals surface area contributed by atoms with E-state index in [0.717, 1.165) is 38.2 Å². The number of rotatable bonds is 1. The molecule has 3 rings (SSSR count). The SMILES string of the molecule is NC1CCCN(c2cc3c(nn2)CCCC3)C1. The first kappa shape index (κ1) is 11.0. The summed E-state index contributed by atoms with van der Waals surface area (Å²) in [6, 6.07) is 2.53. The topological polar surface area (TPSA) is 55.0 Å². The van der Waals surface area contributed by atoms with Crippen molar-refractivity contribution in [3.05, 3.63) is 17.3 Å². The molecule has 1 fully saturated rings. The number of nitrogens with two attached hydrogens (primary N) is 1. The average molecular weight is 232 g/mol. The fourth-order valence-corrected chi connectivity index (χ4v) is 2.85. The van der Waals surface area contributed by atoms with Crippen LogP contribution in [-0.2, 0) is 12.8 Å². The van der Waals surface area contributed by atoms with E-state index in [1.165, 1.54) is 30.5 Å². The highest BCUT2D eigenvalue weighted by Crippen LogP contribution is 2.23.